The minimum absolute atomic E-state index is 0.0933. The maximum Gasteiger partial charge on any atom is 0.302 e. The third-order valence-electron chi connectivity index (χ3n) is 2.51. The standard InChI is InChI=1S/C13H18O5S/c1-4-12(18-11(3)14)9-17-19(15,16)13-7-5-10(2)6-8-13/h5-8,12H,4,9H2,1-3H3/t12-/m0/s1. The van der Waals surface area contributed by atoms with Crippen LogP contribution in [0.5, 0.6) is 0 Å². The zero-order chi connectivity index (χ0) is 14.5. The van der Waals surface area contributed by atoms with Crippen LogP contribution in [0.25, 0.3) is 0 Å². The van der Waals surface area contributed by atoms with Crippen LogP contribution in [0.15, 0.2) is 29.2 Å². The number of ether oxygens (including phenoxy) is 1. The van der Waals surface area contributed by atoms with Gasteiger partial charge in [0, 0.05) is 6.92 Å². The largest absolute Gasteiger partial charge is 0.460 e. The van der Waals surface area contributed by atoms with Gasteiger partial charge in [0.15, 0.2) is 0 Å². The predicted molar refractivity (Wildman–Crippen MR) is 70.2 cm³/mol. The van der Waals surface area contributed by atoms with E-state index in [0.717, 1.165) is 5.56 Å². The molecule has 0 aromatic heterocycles. The predicted octanol–water partition coefficient (Wildman–Crippen LogP) is 2.04. The van der Waals surface area contributed by atoms with Crippen LogP contribution in [-0.2, 0) is 23.8 Å². The number of carbonyl (C=O) groups excluding carboxylic acids is 1. The van der Waals surface area contributed by atoms with Gasteiger partial charge in [-0.05, 0) is 25.5 Å². The molecule has 106 valence electrons. The summed E-state index contributed by atoms with van der Waals surface area (Å²) in [6.07, 6.45) is -0.0686. The molecule has 0 unspecified atom stereocenters. The average molecular weight is 286 g/mol. The number of hydrogen-bond donors (Lipinski definition) is 0. The molecule has 0 aliphatic rings. The lowest BCUT2D eigenvalue weighted by molar-refractivity contribution is -0.147. The molecule has 0 aliphatic heterocycles. The minimum Gasteiger partial charge on any atom is -0.460 e. The van der Waals surface area contributed by atoms with Crippen molar-refractivity contribution in [3.8, 4) is 0 Å². The van der Waals surface area contributed by atoms with Gasteiger partial charge in [0.2, 0.25) is 0 Å². The lowest BCUT2D eigenvalue weighted by atomic mass is 10.2. The highest BCUT2D eigenvalue weighted by atomic mass is 32.2. The first kappa shape index (κ1) is 15.7. The summed E-state index contributed by atoms with van der Waals surface area (Å²) in [5.74, 6) is -0.455. The SMILES string of the molecule is CC[C@@H](COS(=O)(=O)c1ccc(C)cc1)OC(C)=O. The molecule has 1 atom stereocenters. The van der Waals surface area contributed by atoms with Gasteiger partial charge in [-0.3, -0.25) is 8.98 Å². The molecule has 0 radical (unpaired) electrons. The Kier molecular flexibility index (Phi) is 5.50. The number of benzene rings is 1. The van der Waals surface area contributed by atoms with E-state index in [9.17, 15) is 13.2 Å². The fraction of sp³-hybridized carbons (Fsp3) is 0.462. The van der Waals surface area contributed by atoms with Crippen molar-refractivity contribution in [1.29, 1.82) is 0 Å². The van der Waals surface area contributed by atoms with Crippen LogP contribution in [0.1, 0.15) is 25.8 Å². The Labute approximate surface area is 113 Å². The van der Waals surface area contributed by atoms with Crippen molar-refractivity contribution < 1.29 is 22.1 Å². The molecule has 1 aromatic carbocycles. The molecule has 19 heavy (non-hydrogen) atoms. The monoisotopic (exact) mass is 286 g/mol. The van der Waals surface area contributed by atoms with E-state index in [1.807, 2.05) is 6.92 Å². The summed E-state index contributed by atoms with van der Waals surface area (Å²) in [6, 6.07) is 6.36. The van der Waals surface area contributed by atoms with Crippen LogP contribution < -0.4 is 0 Å². The Morgan fingerprint density at radius 1 is 1.26 bits per heavy atom. The highest BCUT2D eigenvalue weighted by molar-refractivity contribution is 7.86. The molecule has 0 heterocycles. The van der Waals surface area contributed by atoms with E-state index < -0.39 is 22.2 Å². The second-order valence-corrected chi connectivity index (χ2v) is 5.81. The van der Waals surface area contributed by atoms with Crippen LogP contribution in [0, 0.1) is 6.92 Å². The first-order chi connectivity index (χ1) is 8.85. The summed E-state index contributed by atoms with van der Waals surface area (Å²) >= 11 is 0. The van der Waals surface area contributed by atoms with E-state index in [4.69, 9.17) is 8.92 Å². The quantitative estimate of drug-likeness (QED) is 0.591. The molecule has 0 amide bonds. The van der Waals surface area contributed by atoms with Gasteiger partial charge in [0.05, 0.1) is 4.90 Å². The number of esters is 1. The van der Waals surface area contributed by atoms with Crippen molar-refractivity contribution in [3.05, 3.63) is 29.8 Å². The molecule has 5 nitrogen and oxygen atoms in total. The van der Waals surface area contributed by atoms with Crippen LogP contribution in [0.4, 0.5) is 0 Å². The molecule has 0 spiro atoms. The van der Waals surface area contributed by atoms with Gasteiger partial charge < -0.3 is 4.74 Å². The van der Waals surface area contributed by atoms with Gasteiger partial charge in [0.1, 0.15) is 12.7 Å². The highest BCUT2D eigenvalue weighted by Crippen LogP contribution is 2.14. The van der Waals surface area contributed by atoms with Gasteiger partial charge >= 0.3 is 5.97 Å². The van der Waals surface area contributed by atoms with E-state index in [1.165, 1.54) is 19.1 Å². The molecular weight excluding hydrogens is 268 g/mol. The van der Waals surface area contributed by atoms with E-state index in [2.05, 4.69) is 0 Å². The van der Waals surface area contributed by atoms with Crippen LogP contribution in [-0.4, -0.2) is 27.1 Å². The smallest absolute Gasteiger partial charge is 0.302 e. The number of hydrogen-bond acceptors (Lipinski definition) is 5. The number of rotatable bonds is 6. The molecule has 0 saturated heterocycles. The second-order valence-electron chi connectivity index (χ2n) is 4.19. The van der Waals surface area contributed by atoms with Crippen molar-refractivity contribution in [2.24, 2.45) is 0 Å². The molecule has 1 aromatic rings. The van der Waals surface area contributed by atoms with Gasteiger partial charge in [-0.25, -0.2) is 0 Å². The van der Waals surface area contributed by atoms with Crippen molar-refractivity contribution in [3.63, 3.8) is 0 Å². The van der Waals surface area contributed by atoms with Crippen molar-refractivity contribution in [2.45, 2.75) is 38.2 Å². The topological polar surface area (TPSA) is 69.7 Å². The van der Waals surface area contributed by atoms with E-state index in [1.54, 1.807) is 19.1 Å². The fourth-order valence-corrected chi connectivity index (χ4v) is 2.34. The maximum atomic E-state index is 11.9. The lowest BCUT2D eigenvalue weighted by Gasteiger charge is -2.15. The summed E-state index contributed by atoms with van der Waals surface area (Å²) in [5, 5.41) is 0. The second kappa shape index (κ2) is 6.68. The first-order valence-corrected chi connectivity index (χ1v) is 7.39. The molecule has 0 N–H and O–H groups in total. The molecule has 6 heteroatoms. The summed E-state index contributed by atoms with van der Waals surface area (Å²) in [4.78, 5) is 10.9. The van der Waals surface area contributed by atoms with Gasteiger partial charge in [0.25, 0.3) is 10.1 Å². The Balaban J connectivity index is 2.69. The average Bonchev–Trinajstić information content (AvgIpc) is 2.34. The lowest BCUT2D eigenvalue weighted by Crippen LogP contribution is -2.23. The molecule has 0 bridgehead atoms. The third kappa shape index (κ3) is 5.00. The Morgan fingerprint density at radius 2 is 1.84 bits per heavy atom. The third-order valence-corrected chi connectivity index (χ3v) is 3.80. The van der Waals surface area contributed by atoms with Crippen LogP contribution >= 0.6 is 0 Å². The molecule has 0 fully saturated rings. The van der Waals surface area contributed by atoms with Crippen LogP contribution in [0.2, 0.25) is 0 Å². The summed E-state index contributed by atoms with van der Waals surface area (Å²) in [6.45, 7) is 4.75. The van der Waals surface area contributed by atoms with Crippen molar-refractivity contribution in [1.82, 2.24) is 0 Å². The molecule has 0 aliphatic carbocycles. The fourth-order valence-electron chi connectivity index (χ4n) is 1.41. The Morgan fingerprint density at radius 3 is 2.32 bits per heavy atom. The van der Waals surface area contributed by atoms with Crippen molar-refractivity contribution >= 4 is 16.1 Å². The van der Waals surface area contributed by atoms with Crippen LogP contribution in [0.3, 0.4) is 0 Å². The summed E-state index contributed by atoms with van der Waals surface area (Å²) in [7, 11) is -3.81. The van der Waals surface area contributed by atoms with Gasteiger partial charge in [-0.2, -0.15) is 8.42 Å². The zero-order valence-electron chi connectivity index (χ0n) is 11.3. The van der Waals surface area contributed by atoms with Gasteiger partial charge in [-0.1, -0.05) is 24.6 Å². The van der Waals surface area contributed by atoms with Crippen molar-refractivity contribution in [2.75, 3.05) is 6.61 Å². The minimum atomic E-state index is -3.81. The molecule has 0 saturated carbocycles. The van der Waals surface area contributed by atoms with E-state index in [-0.39, 0.29) is 11.5 Å². The van der Waals surface area contributed by atoms with E-state index >= 15 is 0 Å². The summed E-state index contributed by atoms with van der Waals surface area (Å²) in [5.41, 5.74) is 0.963. The molecular formula is C13H18O5S. The normalized spacial score (nSPS) is 13.0. The highest BCUT2D eigenvalue weighted by Gasteiger charge is 2.19. The Bertz CT molecular complexity index is 518. The van der Waals surface area contributed by atoms with Gasteiger partial charge in [-0.15, -0.1) is 0 Å². The zero-order valence-corrected chi connectivity index (χ0v) is 12.1. The molecule has 1 rings (SSSR count). The Hall–Kier alpha value is -1.40. The first-order valence-electron chi connectivity index (χ1n) is 5.98. The maximum absolute atomic E-state index is 11.9. The van der Waals surface area contributed by atoms with E-state index in [0.29, 0.717) is 6.42 Å². The summed E-state index contributed by atoms with van der Waals surface area (Å²) < 4.78 is 33.6. The number of carbonyl (C=O) groups is 1. The number of aryl methyl sites for hydroxylation is 1.